The van der Waals surface area contributed by atoms with Crippen LogP contribution < -0.4 is 5.32 Å². The highest BCUT2D eigenvalue weighted by molar-refractivity contribution is 7.99. The third kappa shape index (κ3) is 2.27. The normalized spacial score (nSPS) is 10.7. The van der Waals surface area contributed by atoms with E-state index in [1.54, 1.807) is 7.05 Å². The number of amides is 1. The Morgan fingerprint density at radius 2 is 2.60 bits per heavy atom. The first-order chi connectivity index (χ1) is 7.29. The second-order valence-electron chi connectivity index (χ2n) is 2.70. The summed E-state index contributed by atoms with van der Waals surface area (Å²) in [6.45, 7) is 0. The molecule has 15 heavy (non-hydrogen) atoms. The first-order valence-corrected chi connectivity index (χ1v) is 5.28. The summed E-state index contributed by atoms with van der Waals surface area (Å²) in [5, 5.41) is 14.4. The Balaban J connectivity index is 1.90. The van der Waals surface area contributed by atoms with Crippen LogP contribution in [0.25, 0.3) is 5.84 Å². The van der Waals surface area contributed by atoms with E-state index in [0.717, 1.165) is 0 Å². The van der Waals surface area contributed by atoms with E-state index >= 15 is 0 Å². The topological polar surface area (TPSA) is 85.3 Å². The monoisotopic (exact) mass is 227 g/mol. The first kappa shape index (κ1) is 9.97. The molecule has 0 atom stereocenters. The molecule has 8 heteroatoms. The summed E-state index contributed by atoms with van der Waals surface area (Å²) >= 11 is 1.37. The molecule has 0 aliphatic carbocycles. The predicted molar refractivity (Wildman–Crippen MR) is 52.5 cm³/mol. The average Bonchev–Trinajstić information content (AvgIpc) is 2.77. The van der Waals surface area contributed by atoms with Gasteiger partial charge in [0.05, 0.1) is 0 Å². The Labute approximate surface area is 89.2 Å². The van der Waals surface area contributed by atoms with Gasteiger partial charge in [-0.2, -0.15) is 4.52 Å². The van der Waals surface area contributed by atoms with E-state index in [1.807, 2.05) is 0 Å². The molecule has 2 aromatic rings. The highest BCUT2D eigenvalue weighted by atomic mass is 32.2. The molecule has 0 aliphatic rings. The maximum absolute atomic E-state index is 10.9. The number of fused-ring (bicyclic) bond motifs is 1. The number of thioether (sulfide) groups is 1. The van der Waals surface area contributed by atoms with Crippen LogP contribution in [-0.4, -0.2) is 38.5 Å². The van der Waals surface area contributed by atoms with Crippen molar-refractivity contribution in [3.05, 3.63) is 6.33 Å². The molecular formula is C7H9N5O2S. The quantitative estimate of drug-likeness (QED) is 0.737. The highest BCUT2D eigenvalue weighted by Gasteiger charge is 2.07. The summed E-state index contributed by atoms with van der Waals surface area (Å²) in [5.74, 6) is 0.981. The molecule has 2 heterocycles. The minimum atomic E-state index is 0.000463. The van der Waals surface area contributed by atoms with E-state index in [0.29, 0.717) is 23.2 Å². The molecular weight excluding hydrogens is 218 g/mol. The zero-order valence-corrected chi connectivity index (χ0v) is 8.82. The van der Waals surface area contributed by atoms with E-state index in [9.17, 15) is 4.79 Å². The van der Waals surface area contributed by atoms with Crippen molar-refractivity contribution in [3.63, 3.8) is 0 Å². The molecule has 0 bridgehead atoms. The lowest BCUT2D eigenvalue weighted by molar-refractivity contribution is -0.120. The molecule has 80 valence electrons. The molecule has 2 rings (SSSR count). The van der Waals surface area contributed by atoms with Gasteiger partial charge in [0.25, 0.3) is 5.22 Å². The maximum Gasteiger partial charge on any atom is 0.345 e. The lowest BCUT2D eigenvalue weighted by atomic mass is 10.5. The van der Waals surface area contributed by atoms with Gasteiger partial charge in [-0.1, -0.05) is 16.9 Å². The fourth-order valence-corrected chi connectivity index (χ4v) is 1.70. The maximum atomic E-state index is 10.9. The van der Waals surface area contributed by atoms with Crippen LogP contribution in [0.15, 0.2) is 16.0 Å². The van der Waals surface area contributed by atoms with E-state index in [2.05, 4.69) is 20.6 Å². The number of nitrogens with zero attached hydrogens (tertiary/aromatic N) is 4. The van der Waals surface area contributed by atoms with Crippen LogP contribution in [0.3, 0.4) is 0 Å². The Morgan fingerprint density at radius 3 is 3.33 bits per heavy atom. The Hall–Kier alpha value is -1.57. The average molecular weight is 227 g/mol. The van der Waals surface area contributed by atoms with Crippen LogP contribution in [0, 0.1) is 0 Å². The van der Waals surface area contributed by atoms with Gasteiger partial charge < -0.3 is 9.73 Å². The van der Waals surface area contributed by atoms with E-state index in [-0.39, 0.29) is 5.91 Å². The lowest BCUT2D eigenvalue weighted by Gasteiger charge is -1.95. The van der Waals surface area contributed by atoms with Crippen LogP contribution in [0.5, 0.6) is 0 Å². The Kier molecular flexibility index (Phi) is 2.86. The van der Waals surface area contributed by atoms with Crippen molar-refractivity contribution in [2.45, 2.75) is 11.6 Å². The molecule has 0 spiro atoms. The van der Waals surface area contributed by atoms with E-state index in [1.165, 1.54) is 22.6 Å². The van der Waals surface area contributed by atoms with Crippen molar-refractivity contribution < 1.29 is 9.21 Å². The predicted octanol–water partition coefficient (Wildman–Crippen LogP) is -0.0545. The number of carbonyl (C=O) groups is 1. The highest BCUT2D eigenvalue weighted by Crippen LogP contribution is 2.17. The van der Waals surface area contributed by atoms with Crippen LogP contribution in [-0.2, 0) is 4.79 Å². The number of nitrogens with one attached hydrogen (secondary N) is 1. The summed E-state index contributed by atoms with van der Waals surface area (Å²) in [7, 11) is 1.61. The number of carbonyl (C=O) groups excluding carboxylic acids is 1. The van der Waals surface area contributed by atoms with Gasteiger partial charge in [-0.3, -0.25) is 4.79 Å². The van der Waals surface area contributed by atoms with Crippen molar-refractivity contribution in [2.24, 2.45) is 0 Å². The minimum absolute atomic E-state index is 0.000463. The summed E-state index contributed by atoms with van der Waals surface area (Å²) in [6, 6.07) is 0. The van der Waals surface area contributed by atoms with Crippen molar-refractivity contribution in [3.8, 4) is 0 Å². The zero-order valence-electron chi connectivity index (χ0n) is 8.01. The largest absolute Gasteiger partial charge is 0.396 e. The Morgan fingerprint density at radius 1 is 1.73 bits per heavy atom. The summed E-state index contributed by atoms with van der Waals surface area (Å²) in [6.07, 6.45) is 1.89. The standard InChI is InChI=1S/C7H9N5O2S/c1-8-5(13)2-3-15-7-11-12-4-9-10-6(12)14-7/h4H,2-3H2,1H3,(H,8,13). The van der Waals surface area contributed by atoms with Gasteiger partial charge in [0.15, 0.2) is 0 Å². The molecule has 0 fully saturated rings. The van der Waals surface area contributed by atoms with Crippen molar-refractivity contribution in [1.82, 2.24) is 25.1 Å². The minimum Gasteiger partial charge on any atom is -0.396 e. The van der Waals surface area contributed by atoms with Gasteiger partial charge in [0.1, 0.15) is 6.33 Å². The smallest absolute Gasteiger partial charge is 0.345 e. The molecule has 0 unspecified atom stereocenters. The summed E-state index contributed by atoms with van der Waals surface area (Å²) in [5.41, 5.74) is 0. The summed E-state index contributed by atoms with van der Waals surface area (Å²) in [4.78, 5) is 10.9. The third-order valence-corrected chi connectivity index (χ3v) is 2.52. The van der Waals surface area contributed by atoms with Crippen LogP contribution in [0.2, 0.25) is 0 Å². The number of aromatic nitrogens is 4. The Bertz CT molecular complexity index is 436. The molecule has 0 saturated carbocycles. The van der Waals surface area contributed by atoms with Crippen LogP contribution in [0.4, 0.5) is 0 Å². The lowest BCUT2D eigenvalue weighted by Crippen LogP contribution is -2.17. The number of hydrogen-bond donors (Lipinski definition) is 1. The van der Waals surface area contributed by atoms with Gasteiger partial charge in [-0.25, -0.2) is 0 Å². The molecule has 7 nitrogen and oxygen atoms in total. The van der Waals surface area contributed by atoms with E-state index in [4.69, 9.17) is 4.42 Å². The van der Waals surface area contributed by atoms with Gasteiger partial charge >= 0.3 is 5.84 Å². The second-order valence-corrected chi connectivity index (χ2v) is 3.74. The van der Waals surface area contributed by atoms with Gasteiger partial charge in [0.2, 0.25) is 5.91 Å². The second kappa shape index (κ2) is 4.30. The van der Waals surface area contributed by atoms with Crippen molar-refractivity contribution in [2.75, 3.05) is 12.8 Å². The first-order valence-electron chi connectivity index (χ1n) is 4.30. The van der Waals surface area contributed by atoms with E-state index < -0.39 is 0 Å². The van der Waals surface area contributed by atoms with Crippen molar-refractivity contribution >= 4 is 23.5 Å². The third-order valence-electron chi connectivity index (χ3n) is 1.70. The SMILES string of the molecule is CNC(=O)CCSc1nn2cnnc2o1. The fourth-order valence-electron chi connectivity index (χ4n) is 0.956. The number of hydrogen-bond acceptors (Lipinski definition) is 6. The molecule has 1 amide bonds. The van der Waals surface area contributed by atoms with Gasteiger partial charge in [-0.15, -0.1) is 10.2 Å². The number of rotatable bonds is 4. The molecule has 1 N–H and O–H groups in total. The molecule has 2 aromatic heterocycles. The molecule has 0 saturated heterocycles. The zero-order chi connectivity index (χ0) is 10.7. The van der Waals surface area contributed by atoms with Crippen molar-refractivity contribution in [1.29, 1.82) is 0 Å². The van der Waals surface area contributed by atoms with Crippen LogP contribution in [0.1, 0.15) is 6.42 Å². The van der Waals surface area contributed by atoms with Gasteiger partial charge in [0, 0.05) is 19.2 Å². The molecule has 0 aromatic carbocycles. The fraction of sp³-hybridized carbons (Fsp3) is 0.429. The van der Waals surface area contributed by atoms with Gasteiger partial charge in [-0.05, 0) is 0 Å². The molecule has 0 aliphatic heterocycles. The molecule has 0 radical (unpaired) electrons. The summed E-state index contributed by atoms with van der Waals surface area (Å²) < 4.78 is 6.68. The van der Waals surface area contributed by atoms with Crippen LogP contribution >= 0.6 is 11.8 Å².